The number of aromatic hydroxyl groups is 2. The van der Waals surface area contributed by atoms with Gasteiger partial charge in [0, 0.05) is 130 Å². The zero-order valence-electron chi connectivity index (χ0n) is 83.8. The molecule has 0 unspecified atom stereocenters. The molecule has 3 aromatic carbocycles. The van der Waals surface area contributed by atoms with E-state index < -0.39 is 295 Å². The molecule has 0 radical (unpaired) electrons. The van der Waals surface area contributed by atoms with E-state index in [-0.39, 0.29) is 150 Å². The number of carbonyl (C=O) groups is 21. The van der Waals surface area contributed by atoms with Gasteiger partial charge in [-0.1, -0.05) is 102 Å². The van der Waals surface area contributed by atoms with Crippen molar-refractivity contribution >= 4 is 159 Å². The van der Waals surface area contributed by atoms with E-state index in [0.29, 0.717) is 55.2 Å². The van der Waals surface area contributed by atoms with Crippen LogP contribution in [0.3, 0.4) is 0 Å². The number of hydrogen-bond acceptors (Lipinski definition) is 27. The van der Waals surface area contributed by atoms with E-state index in [2.05, 4.69) is 31.9 Å². The van der Waals surface area contributed by atoms with Crippen LogP contribution in [-0.2, 0) is 120 Å². The lowest BCUT2D eigenvalue weighted by molar-refractivity contribution is -0.157. The lowest BCUT2D eigenvalue weighted by atomic mass is 9.87. The van der Waals surface area contributed by atoms with Gasteiger partial charge in [-0.3, -0.25) is 95.9 Å². The molecule has 0 aromatic heterocycles. The Bertz CT molecular complexity index is 5080. The predicted molar refractivity (Wildman–Crippen MR) is 538 cm³/mol. The quantitative estimate of drug-likeness (QED) is 0.0610. The summed E-state index contributed by atoms with van der Waals surface area (Å²) in [5, 5.41) is 48.0. The van der Waals surface area contributed by atoms with E-state index in [4.69, 9.17) is 11.5 Å². The standard InChI is InChI=1S/C103H144N14O24S3/c1-9-10-21-76-85(123)51-73(97(136)107-64(5)93(105)132)55-143-41-35-90(128)113-58-112-59-114(60-113)91(129)57-144-56-79(86(124)47-68(44-65-19-12-11-13-20-65)94(133)106-63(4)83(121)50-71(52-92(130)131)101(140)116-38-17-24-81(116)88(126)48-69(95(134)108-76)45-66-26-30-74(119)31-27-66)111-96(135)70(46-67-28-32-75(120)33-29-67)49-87(125)80-23-16-37-115(80)100(139)61(2)42-84(122)77(22-14-15-36-104)109-99(138)82-25-18-39-117(82)102(141)78(53-103(6,7)8)110-98(137)72(43-62(3)118)54-142-40-34-89(112)127/h11-13,19-20,26-33,61,63-64,68-73,76-82,119-120H,9-10,14-18,21-25,34-60,104H2,1-8H3,(H2,105,132)(H,106,133)(H,107,136)(H,108,134)(H,109,138)(H,110,137)(H,111,135)(H,130,131)/t61-,63-,64-,68+,69+,70+,71-,72-,73-,76-,77-,78-,79-,80-,81-,82-/m0/s1. The second-order valence-corrected chi connectivity index (χ2v) is 43.6. The zero-order chi connectivity index (χ0) is 105. The molecule has 0 spiro atoms. The molecule has 9 rings (SSSR count). The number of carboxylic acids is 1. The summed E-state index contributed by atoms with van der Waals surface area (Å²) in [6.07, 6.45) is -2.69. The molecule has 38 nitrogen and oxygen atoms in total. The number of hydrogen-bond donors (Lipinski definition) is 11. The summed E-state index contributed by atoms with van der Waals surface area (Å²) in [6, 6.07) is 8.35. The number of ketones is 7. The number of phenolic OH excluding ortho intramolecular Hbond substituents is 2. The number of carboxylic acid groups (broad SMARTS) is 1. The Morgan fingerprint density at radius 1 is 0.479 bits per heavy atom. The van der Waals surface area contributed by atoms with Crippen LogP contribution in [0.1, 0.15) is 220 Å². The molecule has 6 fully saturated rings. The molecule has 144 heavy (non-hydrogen) atoms. The molecule has 6 aliphatic rings. The zero-order valence-corrected chi connectivity index (χ0v) is 86.2. The lowest BCUT2D eigenvalue weighted by Gasteiger charge is -2.42. The molecule has 6 aliphatic heterocycles. The highest BCUT2D eigenvalue weighted by Crippen LogP contribution is 2.34. The Hall–Kier alpha value is -11.5. The second-order valence-electron chi connectivity index (χ2n) is 40.3. The van der Waals surface area contributed by atoms with Crippen LogP contribution in [0.25, 0.3) is 0 Å². The van der Waals surface area contributed by atoms with Gasteiger partial charge in [-0.2, -0.15) is 23.5 Å². The normalized spacial score (nSPS) is 26.6. The van der Waals surface area contributed by atoms with Gasteiger partial charge in [0.1, 0.15) is 35.4 Å². The highest BCUT2D eigenvalue weighted by Gasteiger charge is 2.47. The minimum atomic E-state index is -1.65. The number of primary amides is 1. The van der Waals surface area contributed by atoms with Crippen LogP contribution >= 0.6 is 35.3 Å². The second kappa shape index (κ2) is 56.3. The third kappa shape index (κ3) is 35.5. The van der Waals surface area contributed by atoms with Crippen LogP contribution < -0.4 is 43.4 Å². The number of nitrogens with zero attached hydrogens (tertiary/aromatic N) is 6. The summed E-state index contributed by atoms with van der Waals surface area (Å²) in [7, 11) is 0. The highest BCUT2D eigenvalue weighted by atomic mass is 32.2. The van der Waals surface area contributed by atoms with Crippen LogP contribution in [0.2, 0.25) is 0 Å². The van der Waals surface area contributed by atoms with Crippen molar-refractivity contribution in [1.29, 1.82) is 0 Å². The van der Waals surface area contributed by atoms with Gasteiger partial charge in [0.05, 0.1) is 86.2 Å². The molecule has 6 heterocycles. The first-order valence-corrected chi connectivity index (χ1v) is 53.6. The molecular weight excluding hydrogens is 1910 g/mol. The summed E-state index contributed by atoms with van der Waals surface area (Å²) in [4.78, 5) is 317. The Morgan fingerprint density at radius 3 is 1.46 bits per heavy atom. The number of thioether (sulfide) groups is 3. The number of Topliss-reactive ketones (excluding diaryl/α,β-unsaturated/α-hetero) is 7. The van der Waals surface area contributed by atoms with Crippen molar-refractivity contribution in [3.05, 3.63) is 95.6 Å². The van der Waals surface area contributed by atoms with Crippen LogP contribution in [-0.4, -0.2) is 303 Å². The summed E-state index contributed by atoms with van der Waals surface area (Å²) in [5.41, 5.74) is 12.4. The lowest BCUT2D eigenvalue weighted by Crippen LogP contribution is -2.60. The number of fused-ring (bicyclic) bond motifs is 9. The summed E-state index contributed by atoms with van der Waals surface area (Å²) >= 11 is 3.03. The minimum absolute atomic E-state index is 0.000646. The van der Waals surface area contributed by atoms with E-state index in [1.807, 2.05) is 27.7 Å². The molecule has 0 aliphatic carbocycles. The van der Waals surface area contributed by atoms with Crippen molar-refractivity contribution in [2.24, 2.45) is 58.3 Å². The number of amides is 13. The fourth-order valence-electron chi connectivity index (χ4n) is 19.2. The number of benzene rings is 3. The Balaban J connectivity index is 1.13. The van der Waals surface area contributed by atoms with Gasteiger partial charge < -0.3 is 92.9 Å². The highest BCUT2D eigenvalue weighted by molar-refractivity contribution is 8.00. The van der Waals surface area contributed by atoms with Crippen molar-refractivity contribution in [3.63, 3.8) is 0 Å². The van der Waals surface area contributed by atoms with Gasteiger partial charge >= 0.3 is 5.97 Å². The number of rotatable bonds is 21. The number of unbranched alkanes of at least 4 members (excludes halogenated alkanes) is 2. The van der Waals surface area contributed by atoms with E-state index in [1.54, 1.807) is 30.3 Å². The third-order valence-corrected chi connectivity index (χ3v) is 30.5. The molecule has 788 valence electrons. The summed E-state index contributed by atoms with van der Waals surface area (Å²) in [5.74, 6) is -26.1. The smallest absolute Gasteiger partial charge is 0.304 e. The fraction of sp³-hybridized carbons (Fsp3) is 0.621. The van der Waals surface area contributed by atoms with Crippen LogP contribution in [0.5, 0.6) is 11.5 Å². The molecule has 16 atom stereocenters. The maximum Gasteiger partial charge on any atom is 0.304 e. The molecule has 13 N–H and O–H groups in total. The van der Waals surface area contributed by atoms with Crippen LogP contribution in [0.15, 0.2) is 78.9 Å². The monoisotopic (exact) mass is 2060 g/mol. The van der Waals surface area contributed by atoms with Gasteiger partial charge in [0.15, 0.2) is 34.7 Å². The molecular formula is C103H144N14O24S3. The number of phenols is 2. The van der Waals surface area contributed by atoms with E-state index in [0.717, 1.165) is 35.3 Å². The fourth-order valence-corrected chi connectivity index (χ4v) is 22.2. The van der Waals surface area contributed by atoms with Crippen molar-refractivity contribution in [1.82, 2.24) is 61.3 Å². The third-order valence-electron chi connectivity index (χ3n) is 27.3. The molecule has 6 saturated heterocycles. The van der Waals surface area contributed by atoms with Crippen molar-refractivity contribution in [2.75, 3.05) is 80.7 Å². The predicted octanol–water partition coefficient (Wildman–Crippen LogP) is 5.21. The van der Waals surface area contributed by atoms with Gasteiger partial charge in [-0.25, -0.2) is 0 Å². The minimum Gasteiger partial charge on any atom is -0.508 e. The topological polar surface area (TPSA) is 563 Å². The van der Waals surface area contributed by atoms with E-state index >= 15 is 43.2 Å². The molecule has 0 saturated carbocycles. The van der Waals surface area contributed by atoms with Crippen LogP contribution in [0, 0.1) is 46.8 Å². The summed E-state index contributed by atoms with van der Waals surface area (Å²) in [6.45, 7) is 12.0. The Morgan fingerprint density at radius 2 is 0.938 bits per heavy atom. The molecule has 3 aromatic rings. The van der Waals surface area contributed by atoms with Crippen molar-refractivity contribution in [3.8, 4) is 11.5 Å². The maximum absolute atomic E-state index is 15.8. The number of nitrogens with one attached hydrogen (secondary N) is 6. The average Bonchev–Trinajstić information content (AvgIpc) is 1.64. The molecule has 13 amide bonds. The van der Waals surface area contributed by atoms with Gasteiger partial charge in [-0.15, -0.1) is 11.8 Å². The first kappa shape index (κ1) is 116. The van der Waals surface area contributed by atoms with Crippen molar-refractivity contribution < 1.29 is 116 Å². The van der Waals surface area contributed by atoms with Crippen molar-refractivity contribution in [2.45, 2.75) is 277 Å². The van der Waals surface area contributed by atoms with E-state index in [9.17, 15) is 72.9 Å². The number of aliphatic carboxylic acids is 1. The van der Waals surface area contributed by atoms with Gasteiger partial charge in [0.25, 0.3) is 0 Å². The summed E-state index contributed by atoms with van der Waals surface area (Å²) < 4.78 is 0. The maximum atomic E-state index is 15.8. The number of nitrogens with two attached hydrogens (primary N) is 2. The molecule has 41 heteroatoms. The SMILES string of the molecule is CCCC[C@@H]1NC(=O)[C@H](Cc2ccc(O)cc2)CC(=O)[C@@H]2CCCN2C(=O)[C@H](CC(=O)O)CC(=O)[C@H](C)NC(=O)[C@H](Cc2ccccc2)CC(=O)[C@@H]2CSCC(=O)N3CN(CN(C3)C(=O)CCSC[C@H](CC(C)=O)C(=O)N[C@@H](CC(C)(C)C)C(=O)N3CCC[C@H]3C(=O)N[C@@H](CCCCN)C(=O)C[C@H](C)C(=O)N3CCC[C@H]3C(=O)C[C@@H](Cc3ccc(O)cc3)C(=O)N2)C(=O)CCSC[C@@H](C(=O)N[C@@H](C)C(N)=O)CC1=O. The Labute approximate surface area is 853 Å². The first-order valence-electron chi connectivity index (χ1n) is 50.2. The first-order chi connectivity index (χ1) is 68.4. The van der Waals surface area contributed by atoms with Gasteiger partial charge in [-0.05, 0) is 164 Å². The number of carbonyl (C=O) groups excluding carboxylic acids is 20. The Kier molecular flexibility index (Phi) is 45.4. The average molecular weight is 2060 g/mol. The largest absolute Gasteiger partial charge is 0.508 e. The molecule has 4 bridgehead atoms. The van der Waals surface area contributed by atoms with E-state index in [1.165, 1.54) is 106 Å². The van der Waals surface area contributed by atoms with Gasteiger partial charge in [0.2, 0.25) is 76.8 Å². The van der Waals surface area contributed by atoms with Crippen LogP contribution in [0.4, 0.5) is 0 Å².